The second-order valence-corrected chi connectivity index (χ2v) is 11.5. The number of rotatable bonds is 6. The van der Waals surface area contributed by atoms with E-state index in [1.54, 1.807) is 12.1 Å². The summed E-state index contributed by atoms with van der Waals surface area (Å²) < 4.78 is 87.9. The van der Waals surface area contributed by atoms with Gasteiger partial charge in [0.25, 0.3) is 11.8 Å². The second kappa shape index (κ2) is 13.4. The van der Waals surface area contributed by atoms with Gasteiger partial charge in [-0.1, -0.05) is 26.0 Å². The highest BCUT2D eigenvalue weighted by atomic mass is 19.4. The molecule has 3 aromatic carbocycles. The van der Waals surface area contributed by atoms with Crippen molar-refractivity contribution in [3.05, 3.63) is 76.9 Å². The van der Waals surface area contributed by atoms with Gasteiger partial charge in [0.15, 0.2) is 6.61 Å². The lowest BCUT2D eigenvalue weighted by molar-refractivity contribution is -0.274. The Balaban J connectivity index is 0.00000221. The number of benzene rings is 3. The van der Waals surface area contributed by atoms with E-state index < -0.39 is 54.2 Å². The molecule has 0 aromatic heterocycles. The van der Waals surface area contributed by atoms with E-state index in [0.717, 1.165) is 37.1 Å². The summed E-state index contributed by atoms with van der Waals surface area (Å²) in [5.41, 5.74) is 1.16. The summed E-state index contributed by atoms with van der Waals surface area (Å²) in [5, 5.41) is 2.71. The van der Waals surface area contributed by atoms with Crippen molar-refractivity contribution in [2.45, 2.75) is 58.1 Å². The summed E-state index contributed by atoms with van der Waals surface area (Å²) >= 11 is 0. The number of ether oxygens (including phenoxy) is 2. The molecule has 1 aliphatic carbocycles. The minimum atomic E-state index is -4.86. The van der Waals surface area contributed by atoms with Crippen molar-refractivity contribution in [2.24, 2.45) is 0 Å². The van der Waals surface area contributed by atoms with Crippen LogP contribution >= 0.6 is 0 Å². The molecule has 2 heterocycles. The maximum Gasteiger partial charge on any atom is 0.573 e. The molecule has 3 amide bonds. The molecule has 8 nitrogen and oxygen atoms in total. The smallest absolute Gasteiger partial charge is 0.483 e. The maximum atomic E-state index is 13.7. The standard InChI is InChI=1S/C32H27F6N3O5.C2H6/c1-17-10-23(46-32(36,37)38)5-7-27(17)45-16-28(42)40-8-9-41-26(15-40)29(43)39-25-6-4-19(14-24(25)30(41)44)21-11-20(18-2-3-18)12-22(13-21)31(33,34)35;1-2/h4-7,10-14,18,26H,2-3,8-9,15-16H2,1H3,(H,39,43);1-2H3. The summed E-state index contributed by atoms with van der Waals surface area (Å²) in [6, 6.07) is 10.8. The molecular formula is C34H33F6N3O5. The first kappa shape index (κ1) is 34.6. The van der Waals surface area contributed by atoms with E-state index in [-0.39, 0.29) is 42.6 Å². The number of anilines is 1. The Morgan fingerprint density at radius 3 is 2.29 bits per heavy atom. The molecule has 2 fully saturated rings. The number of alkyl halides is 6. The molecule has 6 rings (SSSR count). The fourth-order valence-electron chi connectivity index (χ4n) is 5.70. The Kier molecular flexibility index (Phi) is 9.65. The SMILES string of the molecule is CC.Cc1cc(OC(F)(F)F)ccc1OCC(=O)N1CCN2C(=O)c3cc(-c4cc(C5CC5)cc(C(F)(F)F)c4)ccc3NC(=O)C2C1. The molecule has 1 unspecified atom stereocenters. The lowest BCUT2D eigenvalue weighted by atomic mass is 9.95. The Bertz CT molecular complexity index is 1720. The summed E-state index contributed by atoms with van der Waals surface area (Å²) in [4.78, 5) is 42.6. The summed E-state index contributed by atoms with van der Waals surface area (Å²) in [7, 11) is 0. The zero-order chi connectivity index (χ0) is 35.0. The zero-order valence-electron chi connectivity index (χ0n) is 26.3. The average Bonchev–Trinajstić information content (AvgIpc) is 3.90. The first-order chi connectivity index (χ1) is 22.7. The van der Waals surface area contributed by atoms with Crippen LogP contribution in [-0.2, 0) is 15.8 Å². The van der Waals surface area contributed by atoms with Gasteiger partial charge in [0.05, 0.1) is 23.4 Å². The largest absolute Gasteiger partial charge is 0.573 e. The monoisotopic (exact) mass is 677 g/mol. The first-order valence-electron chi connectivity index (χ1n) is 15.4. The second-order valence-electron chi connectivity index (χ2n) is 11.5. The van der Waals surface area contributed by atoms with Gasteiger partial charge in [-0.05, 0) is 90.4 Å². The van der Waals surface area contributed by atoms with Gasteiger partial charge in [0.1, 0.15) is 17.5 Å². The number of fused-ring (bicyclic) bond motifs is 2. The van der Waals surface area contributed by atoms with E-state index in [1.807, 2.05) is 13.8 Å². The third kappa shape index (κ3) is 7.69. The molecule has 256 valence electrons. The van der Waals surface area contributed by atoms with Crippen LogP contribution in [0.1, 0.15) is 59.7 Å². The van der Waals surface area contributed by atoms with Crippen molar-refractivity contribution < 1.29 is 50.2 Å². The van der Waals surface area contributed by atoms with Gasteiger partial charge in [-0.15, -0.1) is 13.2 Å². The van der Waals surface area contributed by atoms with Crippen LogP contribution in [0.2, 0.25) is 0 Å². The third-order valence-electron chi connectivity index (χ3n) is 8.20. The van der Waals surface area contributed by atoms with Crippen LogP contribution in [-0.4, -0.2) is 66.2 Å². The summed E-state index contributed by atoms with van der Waals surface area (Å²) in [5.74, 6) is -1.75. The molecule has 2 aliphatic heterocycles. The van der Waals surface area contributed by atoms with Gasteiger partial charge in [-0.3, -0.25) is 14.4 Å². The molecule has 0 spiro atoms. The van der Waals surface area contributed by atoms with Crippen molar-refractivity contribution >= 4 is 23.4 Å². The van der Waals surface area contributed by atoms with Crippen LogP contribution in [0, 0.1) is 6.92 Å². The van der Waals surface area contributed by atoms with Crippen LogP contribution in [0.5, 0.6) is 11.5 Å². The molecule has 0 bridgehead atoms. The van der Waals surface area contributed by atoms with Crippen LogP contribution < -0.4 is 14.8 Å². The van der Waals surface area contributed by atoms with Crippen molar-refractivity contribution in [1.82, 2.24) is 9.80 Å². The van der Waals surface area contributed by atoms with E-state index >= 15 is 0 Å². The lowest BCUT2D eigenvalue weighted by Gasteiger charge is -2.39. The summed E-state index contributed by atoms with van der Waals surface area (Å²) in [6.07, 6.45) is -7.78. The number of hydrogen-bond donors (Lipinski definition) is 1. The molecule has 0 radical (unpaired) electrons. The van der Waals surface area contributed by atoms with E-state index in [2.05, 4.69) is 10.1 Å². The van der Waals surface area contributed by atoms with Gasteiger partial charge >= 0.3 is 12.5 Å². The number of aryl methyl sites for hydroxylation is 1. The number of nitrogens with one attached hydrogen (secondary N) is 1. The molecule has 48 heavy (non-hydrogen) atoms. The minimum Gasteiger partial charge on any atom is -0.483 e. The predicted octanol–water partition coefficient (Wildman–Crippen LogP) is 7.17. The highest BCUT2D eigenvalue weighted by molar-refractivity contribution is 6.10. The van der Waals surface area contributed by atoms with E-state index in [9.17, 15) is 40.7 Å². The zero-order valence-corrected chi connectivity index (χ0v) is 26.3. The van der Waals surface area contributed by atoms with E-state index in [0.29, 0.717) is 22.3 Å². The van der Waals surface area contributed by atoms with Crippen LogP contribution in [0.25, 0.3) is 11.1 Å². The maximum absolute atomic E-state index is 13.7. The van der Waals surface area contributed by atoms with Crippen LogP contribution in [0.3, 0.4) is 0 Å². The Labute approximate surface area is 272 Å². The minimum absolute atomic E-state index is 0.00419. The molecular weight excluding hydrogens is 644 g/mol. The quantitative estimate of drug-likeness (QED) is 0.280. The van der Waals surface area contributed by atoms with Gasteiger partial charge < -0.3 is 24.6 Å². The molecule has 3 aromatic rings. The Morgan fingerprint density at radius 1 is 0.917 bits per heavy atom. The average molecular weight is 678 g/mol. The van der Waals surface area contributed by atoms with Gasteiger partial charge in [-0.2, -0.15) is 13.2 Å². The number of carbonyl (C=O) groups excluding carboxylic acids is 3. The molecule has 1 N–H and O–H groups in total. The van der Waals surface area contributed by atoms with Crippen molar-refractivity contribution in [2.75, 3.05) is 31.6 Å². The van der Waals surface area contributed by atoms with Crippen molar-refractivity contribution in [3.8, 4) is 22.6 Å². The number of amides is 3. The van der Waals surface area contributed by atoms with E-state index in [1.165, 1.54) is 34.9 Å². The fourth-order valence-corrected chi connectivity index (χ4v) is 5.70. The van der Waals surface area contributed by atoms with Gasteiger partial charge in [0.2, 0.25) is 5.91 Å². The lowest BCUT2D eigenvalue weighted by Crippen LogP contribution is -2.60. The fraction of sp³-hybridized carbons (Fsp3) is 0.382. The van der Waals surface area contributed by atoms with Gasteiger partial charge in [-0.25, -0.2) is 0 Å². The van der Waals surface area contributed by atoms with Crippen LogP contribution in [0.15, 0.2) is 54.6 Å². The molecule has 14 heteroatoms. The molecule has 1 saturated heterocycles. The summed E-state index contributed by atoms with van der Waals surface area (Å²) in [6.45, 7) is 4.96. The van der Waals surface area contributed by atoms with Crippen molar-refractivity contribution in [3.63, 3.8) is 0 Å². The Hall–Kier alpha value is -4.75. The van der Waals surface area contributed by atoms with Crippen molar-refractivity contribution in [1.29, 1.82) is 0 Å². The topological polar surface area (TPSA) is 88.2 Å². The predicted molar refractivity (Wildman–Crippen MR) is 164 cm³/mol. The van der Waals surface area contributed by atoms with E-state index in [4.69, 9.17) is 4.74 Å². The number of carbonyl (C=O) groups is 3. The molecule has 1 saturated carbocycles. The third-order valence-corrected chi connectivity index (χ3v) is 8.20. The Morgan fingerprint density at radius 2 is 1.65 bits per heavy atom. The number of halogens is 6. The highest BCUT2D eigenvalue weighted by Gasteiger charge is 2.41. The highest BCUT2D eigenvalue weighted by Crippen LogP contribution is 2.44. The van der Waals surface area contributed by atoms with Gasteiger partial charge in [0, 0.05) is 13.1 Å². The number of hydrogen-bond acceptors (Lipinski definition) is 5. The number of piperazine rings is 1. The molecule has 1 atom stereocenters. The normalized spacial score (nSPS) is 17.7. The number of nitrogens with zero attached hydrogens (tertiary/aromatic N) is 2. The van der Waals surface area contributed by atoms with Crippen LogP contribution in [0.4, 0.5) is 32.0 Å². The molecule has 3 aliphatic rings. The first-order valence-corrected chi connectivity index (χ1v) is 15.4.